The zero-order valence-electron chi connectivity index (χ0n) is 11.0. The van der Waals surface area contributed by atoms with Gasteiger partial charge in [0, 0.05) is 11.1 Å². The van der Waals surface area contributed by atoms with E-state index in [0.29, 0.717) is 0 Å². The van der Waals surface area contributed by atoms with Crippen molar-refractivity contribution in [3.8, 4) is 0 Å². The lowest BCUT2D eigenvalue weighted by atomic mass is 9.91. The van der Waals surface area contributed by atoms with Gasteiger partial charge in [-0.25, -0.2) is 0 Å². The molecular weight excluding hydrogens is 298 g/mol. The second-order valence-corrected chi connectivity index (χ2v) is 5.15. The number of rotatable bonds is 5. The summed E-state index contributed by atoms with van der Waals surface area (Å²) < 4.78 is 0. The van der Waals surface area contributed by atoms with Crippen LogP contribution in [0.4, 0.5) is 0 Å². The number of carbonyl (C=O) groups is 2. The number of aliphatic hydroxyl groups excluding tert-OH is 3. The smallest absolute Gasteiger partial charge is 0.211 e. The Balaban J connectivity index is 2.47. The molecule has 6 nitrogen and oxygen atoms in total. The molecule has 0 unspecified atom stereocenters. The summed E-state index contributed by atoms with van der Waals surface area (Å²) in [7, 11) is 0. The second-order valence-electron chi connectivity index (χ2n) is 4.77. The molecule has 0 bridgehead atoms. The van der Waals surface area contributed by atoms with Gasteiger partial charge in [-0.15, -0.1) is 0 Å². The maximum absolute atomic E-state index is 12.4. The molecule has 0 fully saturated rings. The van der Waals surface area contributed by atoms with Crippen molar-refractivity contribution in [2.75, 3.05) is 19.8 Å². The molecule has 21 heavy (non-hydrogen) atoms. The molecule has 1 aromatic rings. The number of benzene rings is 1. The summed E-state index contributed by atoms with van der Waals surface area (Å²) in [6, 6.07) is 6.20. The summed E-state index contributed by atoms with van der Waals surface area (Å²) in [5.41, 5.74) is -1.41. The number of allylic oxidation sites excluding steroid dienone is 2. The van der Waals surface area contributed by atoms with Crippen LogP contribution in [0.1, 0.15) is 20.7 Å². The lowest BCUT2D eigenvalue weighted by molar-refractivity contribution is 0.0481. The van der Waals surface area contributed by atoms with Crippen LogP contribution in [-0.4, -0.2) is 52.2 Å². The summed E-state index contributed by atoms with van der Waals surface area (Å²) in [5, 5.41) is 30.1. The first-order chi connectivity index (χ1) is 9.99. The second kappa shape index (κ2) is 5.95. The van der Waals surface area contributed by atoms with Gasteiger partial charge in [0.1, 0.15) is 16.3 Å². The Morgan fingerprint density at radius 3 is 1.90 bits per heavy atom. The summed E-state index contributed by atoms with van der Waals surface area (Å²) >= 11 is 5.93. The number of aliphatic hydroxyl groups is 3. The van der Waals surface area contributed by atoms with E-state index in [-0.39, 0.29) is 21.9 Å². The van der Waals surface area contributed by atoms with Crippen LogP contribution in [0.3, 0.4) is 0 Å². The molecule has 1 aliphatic carbocycles. The number of fused-ring (bicyclic) bond motifs is 1. The highest BCUT2D eigenvalue weighted by atomic mass is 35.5. The molecule has 0 saturated carbocycles. The van der Waals surface area contributed by atoms with Gasteiger partial charge >= 0.3 is 0 Å². The van der Waals surface area contributed by atoms with Gasteiger partial charge in [-0.05, 0) is 0 Å². The SMILES string of the molecule is O=C1C(Cl)=C(NC(CO)(CO)CO)C(=O)c2ccccc21. The average Bonchev–Trinajstić information content (AvgIpc) is 2.54. The minimum absolute atomic E-state index is 0.178. The predicted molar refractivity (Wildman–Crippen MR) is 75.1 cm³/mol. The van der Waals surface area contributed by atoms with E-state index in [1.807, 2.05) is 0 Å². The van der Waals surface area contributed by atoms with Crippen LogP contribution in [0.5, 0.6) is 0 Å². The molecule has 0 aromatic heterocycles. The van der Waals surface area contributed by atoms with Crippen molar-refractivity contribution >= 4 is 23.2 Å². The molecule has 112 valence electrons. The molecule has 1 aliphatic rings. The summed E-state index contributed by atoms with van der Waals surface area (Å²) in [5.74, 6) is -1.06. The third kappa shape index (κ3) is 2.58. The van der Waals surface area contributed by atoms with Crippen molar-refractivity contribution < 1.29 is 24.9 Å². The molecule has 4 N–H and O–H groups in total. The summed E-state index contributed by atoms with van der Waals surface area (Å²) in [6.45, 7) is -1.93. The Kier molecular flexibility index (Phi) is 4.43. The molecule has 0 heterocycles. The van der Waals surface area contributed by atoms with Crippen molar-refractivity contribution in [3.05, 3.63) is 46.1 Å². The maximum atomic E-state index is 12.4. The number of Topliss-reactive ketones (excluding diaryl/α,β-unsaturated/α-hetero) is 2. The predicted octanol–water partition coefficient (Wildman–Crippen LogP) is -0.179. The van der Waals surface area contributed by atoms with Gasteiger partial charge in [-0.3, -0.25) is 9.59 Å². The average molecular weight is 312 g/mol. The number of ketones is 2. The van der Waals surface area contributed by atoms with E-state index in [0.717, 1.165) is 0 Å². The van der Waals surface area contributed by atoms with Crippen LogP contribution in [-0.2, 0) is 0 Å². The largest absolute Gasteiger partial charge is 0.394 e. The summed E-state index contributed by atoms with van der Waals surface area (Å²) in [4.78, 5) is 24.6. The highest BCUT2D eigenvalue weighted by Crippen LogP contribution is 2.28. The van der Waals surface area contributed by atoms with Gasteiger partial charge in [-0.1, -0.05) is 35.9 Å². The maximum Gasteiger partial charge on any atom is 0.211 e. The molecule has 1 aromatic carbocycles. The molecule has 0 saturated heterocycles. The fraction of sp³-hybridized carbons (Fsp3) is 0.286. The van der Waals surface area contributed by atoms with Crippen molar-refractivity contribution in [2.45, 2.75) is 5.54 Å². The molecule has 0 spiro atoms. The lowest BCUT2D eigenvalue weighted by Crippen LogP contribution is -2.56. The third-order valence-electron chi connectivity index (χ3n) is 3.36. The van der Waals surface area contributed by atoms with Crippen molar-refractivity contribution in [1.82, 2.24) is 5.32 Å². The zero-order chi connectivity index (χ0) is 15.6. The number of nitrogens with one attached hydrogen (secondary N) is 1. The van der Waals surface area contributed by atoms with Gasteiger partial charge in [0.05, 0.1) is 19.8 Å². The fourth-order valence-corrected chi connectivity index (χ4v) is 2.23. The van der Waals surface area contributed by atoms with Crippen molar-refractivity contribution in [3.63, 3.8) is 0 Å². The fourth-order valence-electron chi connectivity index (χ4n) is 1.99. The van der Waals surface area contributed by atoms with Gasteiger partial charge in [0.25, 0.3) is 0 Å². The molecule has 0 radical (unpaired) electrons. The molecule has 2 rings (SSSR count). The minimum Gasteiger partial charge on any atom is -0.394 e. The molecule has 0 atom stereocenters. The van der Waals surface area contributed by atoms with Crippen molar-refractivity contribution in [1.29, 1.82) is 0 Å². The number of hydrogen-bond donors (Lipinski definition) is 4. The number of halogens is 1. The first-order valence-corrected chi connectivity index (χ1v) is 6.56. The monoisotopic (exact) mass is 311 g/mol. The van der Waals surface area contributed by atoms with E-state index < -0.39 is 36.9 Å². The minimum atomic E-state index is -1.54. The van der Waals surface area contributed by atoms with E-state index in [9.17, 15) is 24.9 Å². The first kappa shape index (κ1) is 15.7. The van der Waals surface area contributed by atoms with E-state index in [1.165, 1.54) is 12.1 Å². The van der Waals surface area contributed by atoms with E-state index >= 15 is 0 Å². The highest BCUT2D eigenvalue weighted by Gasteiger charge is 2.37. The Morgan fingerprint density at radius 1 is 0.952 bits per heavy atom. The standard InChI is InChI=1S/C14H14ClNO5/c15-10-11(16-14(5-17,6-18)7-19)13(21)9-4-2-1-3-8(9)12(10)20/h1-4,16-19H,5-7H2. The van der Waals surface area contributed by atoms with Crippen molar-refractivity contribution in [2.24, 2.45) is 0 Å². The van der Waals surface area contributed by atoms with Crippen LogP contribution >= 0.6 is 11.6 Å². The van der Waals surface area contributed by atoms with Crippen LogP contribution in [0.15, 0.2) is 35.0 Å². The van der Waals surface area contributed by atoms with Crippen LogP contribution in [0.2, 0.25) is 0 Å². The molecule has 0 aliphatic heterocycles. The van der Waals surface area contributed by atoms with Gasteiger partial charge < -0.3 is 20.6 Å². The Bertz CT molecular complexity index is 613. The topological polar surface area (TPSA) is 107 Å². The molecule has 7 heteroatoms. The van der Waals surface area contributed by atoms with Crippen LogP contribution in [0.25, 0.3) is 0 Å². The number of carbonyl (C=O) groups excluding carboxylic acids is 2. The molecule has 0 amide bonds. The quantitative estimate of drug-likeness (QED) is 0.601. The Labute approximate surface area is 125 Å². The van der Waals surface area contributed by atoms with Gasteiger partial charge in [0.2, 0.25) is 11.6 Å². The Morgan fingerprint density at radius 2 is 1.43 bits per heavy atom. The lowest BCUT2D eigenvalue weighted by Gasteiger charge is -2.32. The van der Waals surface area contributed by atoms with Crippen LogP contribution in [0, 0.1) is 0 Å². The third-order valence-corrected chi connectivity index (χ3v) is 3.72. The van der Waals surface area contributed by atoms with E-state index in [2.05, 4.69) is 5.32 Å². The Hall–Kier alpha value is -1.73. The molecular formula is C14H14ClNO5. The highest BCUT2D eigenvalue weighted by molar-refractivity contribution is 6.49. The first-order valence-electron chi connectivity index (χ1n) is 6.18. The van der Waals surface area contributed by atoms with Gasteiger partial charge in [-0.2, -0.15) is 0 Å². The number of hydrogen-bond acceptors (Lipinski definition) is 6. The van der Waals surface area contributed by atoms with E-state index in [4.69, 9.17) is 11.6 Å². The zero-order valence-corrected chi connectivity index (χ0v) is 11.7. The van der Waals surface area contributed by atoms with Gasteiger partial charge in [0.15, 0.2) is 0 Å². The summed E-state index contributed by atoms with van der Waals surface area (Å²) in [6.07, 6.45) is 0. The van der Waals surface area contributed by atoms with Crippen LogP contribution < -0.4 is 5.32 Å². The normalized spacial score (nSPS) is 15.2. The van der Waals surface area contributed by atoms with E-state index in [1.54, 1.807) is 12.1 Å².